The van der Waals surface area contributed by atoms with Crippen LogP contribution in [-0.2, 0) is 25.4 Å². The molecule has 0 N–H and O–H groups in total. The second kappa shape index (κ2) is 9.50. The van der Waals surface area contributed by atoms with Crippen LogP contribution >= 0.6 is 0 Å². The van der Waals surface area contributed by atoms with Crippen molar-refractivity contribution in [2.75, 3.05) is 20.0 Å². The van der Waals surface area contributed by atoms with Gasteiger partial charge in [-0.15, -0.1) is 0 Å². The molecule has 112 valence electrons. The van der Waals surface area contributed by atoms with Gasteiger partial charge >= 0.3 is 5.97 Å². The third-order valence-corrected chi connectivity index (χ3v) is 3.00. The lowest BCUT2D eigenvalue weighted by molar-refractivity contribution is -0.143. The Morgan fingerprint density at radius 3 is 2.65 bits per heavy atom. The standard InChI is InChI=1S/C16H24O4/c1-4-18-12-20-13(3)15-9-7-6-8-14(15)10-11-16(17)19-5-2/h6-9,13H,4-5,10-12H2,1-3H3/t13-/m1/s1. The zero-order chi connectivity index (χ0) is 14.8. The van der Waals surface area contributed by atoms with Gasteiger partial charge in [0.05, 0.1) is 12.7 Å². The smallest absolute Gasteiger partial charge is 0.306 e. The average molecular weight is 280 g/mol. The van der Waals surface area contributed by atoms with Gasteiger partial charge in [-0.1, -0.05) is 24.3 Å². The van der Waals surface area contributed by atoms with Gasteiger partial charge in [0.2, 0.25) is 0 Å². The fourth-order valence-electron chi connectivity index (χ4n) is 1.95. The van der Waals surface area contributed by atoms with Gasteiger partial charge in [0, 0.05) is 13.0 Å². The van der Waals surface area contributed by atoms with Crippen molar-refractivity contribution in [1.29, 1.82) is 0 Å². The molecule has 0 saturated heterocycles. The molecule has 20 heavy (non-hydrogen) atoms. The van der Waals surface area contributed by atoms with E-state index in [0.29, 0.717) is 26.1 Å². The van der Waals surface area contributed by atoms with Crippen LogP contribution < -0.4 is 0 Å². The Bertz CT molecular complexity index is 403. The molecule has 4 nitrogen and oxygen atoms in total. The van der Waals surface area contributed by atoms with Gasteiger partial charge in [-0.2, -0.15) is 0 Å². The van der Waals surface area contributed by atoms with Crippen molar-refractivity contribution in [1.82, 2.24) is 0 Å². The molecule has 0 amide bonds. The highest BCUT2D eigenvalue weighted by atomic mass is 16.7. The van der Waals surface area contributed by atoms with Crippen molar-refractivity contribution in [3.63, 3.8) is 0 Å². The topological polar surface area (TPSA) is 44.8 Å². The predicted molar refractivity (Wildman–Crippen MR) is 77.4 cm³/mol. The van der Waals surface area contributed by atoms with Crippen molar-refractivity contribution in [2.45, 2.75) is 39.7 Å². The molecular formula is C16H24O4. The number of hydrogen-bond donors (Lipinski definition) is 0. The van der Waals surface area contributed by atoms with Gasteiger partial charge in [0.25, 0.3) is 0 Å². The third kappa shape index (κ3) is 5.72. The zero-order valence-electron chi connectivity index (χ0n) is 12.6. The molecule has 0 aromatic heterocycles. The molecule has 1 aromatic rings. The van der Waals surface area contributed by atoms with E-state index in [1.165, 1.54) is 0 Å². The molecule has 1 aromatic carbocycles. The van der Waals surface area contributed by atoms with Crippen molar-refractivity contribution < 1.29 is 19.0 Å². The second-order valence-corrected chi connectivity index (χ2v) is 4.42. The van der Waals surface area contributed by atoms with E-state index in [2.05, 4.69) is 0 Å². The number of carbonyl (C=O) groups excluding carboxylic acids is 1. The first-order chi connectivity index (χ1) is 9.69. The predicted octanol–water partition coefficient (Wildman–Crippen LogP) is 3.25. The van der Waals surface area contributed by atoms with E-state index in [9.17, 15) is 4.79 Å². The average Bonchev–Trinajstić information content (AvgIpc) is 2.46. The highest BCUT2D eigenvalue weighted by molar-refractivity contribution is 5.69. The highest BCUT2D eigenvalue weighted by Crippen LogP contribution is 2.22. The molecule has 4 heteroatoms. The molecule has 0 spiro atoms. The number of aryl methyl sites for hydroxylation is 1. The van der Waals surface area contributed by atoms with E-state index in [0.717, 1.165) is 11.1 Å². The maximum absolute atomic E-state index is 11.4. The highest BCUT2D eigenvalue weighted by Gasteiger charge is 2.12. The van der Waals surface area contributed by atoms with Crippen LogP contribution in [0.3, 0.4) is 0 Å². The van der Waals surface area contributed by atoms with Crippen LogP contribution in [0.25, 0.3) is 0 Å². The van der Waals surface area contributed by atoms with Gasteiger partial charge in [-0.3, -0.25) is 4.79 Å². The minimum atomic E-state index is -0.162. The summed E-state index contributed by atoms with van der Waals surface area (Å²) in [7, 11) is 0. The molecule has 0 aliphatic heterocycles. The zero-order valence-corrected chi connectivity index (χ0v) is 12.6. The second-order valence-electron chi connectivity index (χ2n) is 4.42. The lowest BCUT2D eigenvalue weighted by Crippen LogP contribution is -2.09. The van der Waals surface area contributed by atoms with Crippen LogP contribution in [0.5, 0.6) is 0 Å². The maximum atomic E-state index is 11.4. The van der Waals surface area contributed by atoms with E-state index in [-0.39, 0.29) is 18.9 Å². The van der Waals surface area contributed by atoms with Crippen molar-refractivity contribution in [3.8, 4) is 0 Å². The molecule has 1 rings (SSSR count). The molecule has 0 unspecified atom stereocenters. The number of esters is 1. The molecule has 0 bridgehead atoms. The lowest BCUT2D eigenvalue weighted by Gasteiger charge is -2.17. The van der Waals surface area contributed by atoms with E-state index >= 15 is 0 Å². The SMILES string of the molecule is CCOCO[C@H](C)c1ccccc1CCC(=O)OCC. The Balaban J connectivity index is 2.60. The van der Waals surface area contributed by atoms with Gasteiger partial charge in [0.1, 0.15) is 6.79 Å². The van der Waals surface area contributed by atoms with Crippen LogP contribution in [0.4, 0.5) is 0 Å². The summed E-state index contributed by atoms with van der Waals surface area (Å²) in [6.07, 6.45) is 1.00. The molecule has 0 radical (unpaired) electrons. The number of ether oxygens (including phenoxy) is 3. The first kappa shape index (κ1) is 16.7. The summed E-state index contributed by atoms with van der Waals surface area (Å²) < 4.78 is 15.8. The quantitative estimate of drug-likeness (QED) is 0.396. The van der Waals surface area contributed by atoms with Crippen LogP contribution in [0, 0.1) is 0 Å². The monoisotopic (exact) mass is 280 g/mol. The largest absolute Gasteiger partial charge is 0.466 e. The fourth-order valence-corrected chi connectivity index (χ4v) is 1.95. The van der Waals surface area contributed by atoms with Crippen LogP contribution in [0.15, 0.2) is 24.3 Å². The van der Waals surface area contributed by atoms with Gasteiger partial charge < -0.3 is 14.2 Å². The first-order valence-corrected chi connectivity index (χ1v) is 7.11. The fraction of sp³-hybridized carbons (Fsp3) is 0.562. The lowest BCUT2D eigenvalue weighted by atomic mass is 9.99. The minimum absolute atomic E-state index is 0.0556. The van der Waals surface area contributed by atoms with Crippen molar-refractivity contribution in [2.24, 2.45) is 0 Å². The summed E-state index contributed by atoms with van der Waals surface area (Å²) in [6, 6.07) is 8.00. The van der Waals surface area contributed by atoms with Crippen LogP contribution in [0.1, 0.15) is 44.4 Å². The normalized spacial score (nSPS) is 12.2. The summed E-state index contributed by atoms with van der Waals surface area (Å²) in [5.41, 5.74) is 2.21. The van der Waals surface area contributed by atoms with Gasteiger partial charge in [-0.25, -0.2) is 0 Å². The minimum Gasteiger partial charge on any atom is -0.466 e. The summed E-state index contributed by atoms with van der Waals surface area (Å²) in [4.78, 5) is 11.4. The molecule has 0 saturated carbocycles. The number of benzene rings is 1. The van der Waals surface area contributed by atoms with Crippen molar-refractivity contribution in [3.05, 3.63) is 35.4 Å². The Hall–Kier alpha value is -1.39. The van der Waals surface area contributed by atoms with E-state index in [1.54, 1.807) is 0 Å². The van der Waals surface area contributed by atoms with Crippen LogP contribution in [0.2, 0.25) is 0 Å². The molecular weight excluding hydrogens is 256 g/mol. The number of carbonyl (C=O) groups is 1. The maximum Gasteiger partial charge on any atom is 0.306 e. The summed E-state index contributed by atoms with van der Waals surface area (Å²) >= 11 is 0. The molecule has 0 aliphatic carbocycles. The molecule has 0 heterocycles. The Morgan fingerprint density at radius 1 is 1.20 bits per heavy atom. The first-order valence-electron chi connectivity index (χ1n) is 7.11. The Kier molecular flexibility index (Phi) is 7.92. The summed E-state index contributed by atoms with van der Waals surface area (Å²) in [6.45, 7) is 7.08. The van der Waals surface area contributed by atoms with E-state index in [4.69, 9.17) is 14.2 Å². The number of rotatable bonds is 9. The summed E-state index contributed by atoms with van der Waals surface area (Å²) in [5.74, 6) is -0.162. The van der Waals surface area contributed by atoms with Crippen molar-refractivity contribution >= 4 is 5.97 Å². The summed E-state index contributed by atoms with van der Waals surface area (Å²) in [5, 5.41) is 0. The van der Waals surface area contributed by atoms with E-state index < -0.39 is 0 Å². The number of hydrogen-bond acceptors (Lipinski definition) is 4. The molecule has 1 atom stereocenters. The molecule has 0 aliphatic rings. The Morgan fingerprint density at radius 2 is 1.95 bits per heavy atom. The van der Waals surface area contributed by atoms with Gasteiger partial charge in [-0.05, 0) is 38.3 Å². The van der Waals surface area contributed by atoms with E-state index in [1.807, 2.05) is 45.0 Å². The third-order valence-electron chi connectivity index (χ3n) is 3.00. The molecule has 0 fully saturated rings. The van der Waals surface area contributed by atoms with Crippen LogP contribution in [-0.4, -0.2) is 26.0 Å². The van der Waals surface area contributed by atoms with Gasteiger partial charge in [0.15, 0.2) is 0 Å². The Labute approximate surface area is 121 Å².